The van der Waals surface area contributed by atoms with Crippen LogP contribution in [-0.4, -0.2) is 27.5 Å². The number of para-hydroxylation sites is 1. The third-order valence-electron chi connectivity index (χ3n) is 5.57. The van der Waals surface area contributed by atoms with Gasteiger partial charge in [0.25, 0.3) is 5.69 Å². The standard InChI is InChI=1S/C26H18ClN5O5/c27-18-5-7-19(8-6-18)29-25(33)15-31-14-17(21-3-1-2-4-22(21)31)13-28-30-26(34)24-12-16-11-20(32(35)36)9-10-23(16)37-24/h1-14H,15H2,(H,29,33)(H,30,34)/b28-13+. The van der Waals surface area contributed by atoms with Crippen LogP contribution < -0.4 is 10.7 Å². The van der Waals surface area contributed by atoms with Crippen LogP contribution in [0, 0.1) is 10.1 Å². The summed E-state index contributed by atoms with van der Waals surface area (Å²) in [5.74, 6) is -0.861. The average molecular weight is 516 g/mol. The molecule has 2 amide bonds. The van der Waals surface area contributed by atoms with E-state index >= 15 is 0 Å². The summed E-state index contributed by atoms with van der Waals surface area (Å²) in [4.78, 5) is 35.6. The summed E-state index contributed by atoms with van der Waals surface area (Å²) in [6.07, 6.45) is 3.24. The van der Waals surface area contributed by atoms with Gasteiger partial charge in [0.15, 0.2) is 5.76 Å². The van der Waals surface area contributed by atoms with E-state index in [1.807, 2.05) is 24.3 Å². The molecule has 0 aliphatic heterocycles. The van der Waals surface area contributed by atoms with Crippen LogP contribution in [0.15, 0.2) is 88.5 Å². The molecule has 3 aromatic carbocycles. The highest BCUT2D eigenvalue weighted by Crippen LogP contribution is 2.24. The topological polar surface area (TPSA) is 132 Å². The van der Waals surface area contributed by atoms with E-state index in [0.29, 0.717) is 27.2 Å². The molecule has 2 N–H and O–H groups in total. The number of hydrogen-bond acceptors (Lipinski definition) is 6. The number of furan rings is 1. The van der Waals surface area contributed by atoms with Crippen molar-refractivity contribution in [3.05, 3.63) is 105 Å². The normalized spacial score (nSPS) is 11.3. The molecule has 0 spiro atoms. The van der Waals surface area contributed by atoms with E-state index in [-0.39, 0.29) is 23.9 Å². The first-order valence-corrected chi connectivity index (χ1v) is 11.4. The highest BCUT2D eigenvalue weighted by atomic mass is 35.5. The number of carbonyl (C=O) groups excluding carboxylic acids is 2. The average Bonchev–Trinajstić information content (AvgIpc) is 3.47. The zero-order valence-electron chi connectivity index (χ0n) is 19.1. The molecule has 2 aromatic heterocycles. The quantitative estimate of drug-likeness (QED) is 0.171. The molecule has 37 heavy (non-hydrogen) atoms. The lowest BCUT2D eigenvalue weighted by Gasteiger charge is -2.07. The molecule has 10 nitrogen and oxygen atoms in total. The van der Waals surface area contributed by atoms with E-state index in [0.717, 1.165) is 10.9 Å². The van der Waals surface area contributed by atoms with E-state index in [1.54, 1.807) is 35.0 Å². The first kappa shape index (κ1) is 23.8. The Morgan fingerprint density at radius 3 is 2.65 bits per heavy atom. The fourth-order valence-corrected chi connectivity index (χ4v) is 4.00. The molecule has 2 heterocycles. The number of aromatic nitrogens is 1. The number of nitrogens with one attached hydrogen (secondary N) is 2. The van der Waals surface area contributed by atoms with Gasteiger partial charge in [0.1, 0.15) is 12.1 Å². The molecule has 0 atom stereocenters. The Bertz CT molecular complexity index is 1690. The minimum Gasteiger partial charge on any atom is -0.451 e. The molecular formula is C26H18ClN5O5. The van der Waals surface area contributed by atoms with Gasteiger partial charge in [0, 0.05) is 50.9 Å². The summed E-state index contributed by atoms with van der Waals surface area (Å²) >= 11 is 5.89. The Morgan fingerprint density at radius 2 is 1.86 bits per heavy atom. The SMILES string of the molecule is O=C(Cn1cc(/C=N/NC(=O)c2cc3cc([N+](=O)[O-])ccc3o2)c2ccccc21)Nc1ccc(Cl)cc1. The van der Waals surface area contributed by atoms with Gasteiger partial charge in [0.2, 0.25) is 5.91 Å². The van der Waals surface area contributed by atoms with Crippen molar-refractivity contribution in [1.29, 1.82) is 0 Å². The fraction of sp³-hybridized carbons (Fsp3) is 0.0385. The summed E-state index contributed by atoms with van der Waals surface area (Å²) < 4.78 is 7.26. The summed E-state index contributed by atoms with van der Waals surface area (Å²) in [6, 6.07) is 19.8. The third kappa shape index (κ3) is 5.19. The number of fused-ring (bicyclic) bond motifs is 2. The number of hydrogen-bond donors (Lipinski definition) is 2. The van der Waals surface area contributed by atoms with Crippen molar-refractivity contribution >= 4 is 62.9 Å². The Hall–Kier alpha value is -4.96. The van der Waals surface area contributed by atoms with E-state index in [9.17, 15) is 19.7 Å². The maximum Gasteiger partial charge on any atom is 0.307 e. The number of nitro groups is 1. The van der Waals surface area contributed by atoms with Crippen molar-refractivity contribution in [3.63, 3.8) is 0 Å². The zero-order valence-corrected chi connectivity index (χ0v) is 19.8. The highest BCUT2D eigenvalue weighted by Gasteiger charge is 2.15. The molecule has 11 heteroatoms. The van der Waals surface area contributed by atoms with E-state index < -0.39 is 10.8 Å². The highest BCUT2D eigenvalue weighted by molar-refractivity contribution is 6.30. The van der Waals surface area contributed by atoms with Crippen molar-refractivity contribution in [3.8, 4) is 0 Å². The lowest BCUT2D eigenvalue weighted by atomic mass is 10.2. The molecule has 0 aliphatic rings. The van der Waals surface area contributed by atoms with Crippen LogP contribution in [0.25, 0.3) is 21.9 Å². The maximum absolute atomic E-state index is 12.6. The zero-order chi connectivity index (χ0) is 25.9. The number of carbonyl (C=O) groups is 2. The van der Waals surface area contributed by atoms with Crippen LogP contribution in [0.3, 0.4) is 0 Å². The minimum atomic E-state index is -0.610. The predicted molar refractivity (Wildman–Crippen MR) is 140 cm³/mol. The molecule has 0 saturated heterocycles. The van der Waals surface area contributed by atoms with Gasteiger partial charge in [-0.1, -0.05) is 29.8 Å². The molecule has 5 aromatic rings. The van der Waals surface area contributed by atoms with Crippen molar-refractivity contribution in [2.75, 3.05) is 5.32 Å². The van der Waals surface area contributed by atoms with Crippen LogP contribution in [-0.2, 0) is 11.3 Å². The van der Waals surface area contributed by atoms with Gasteiger partial charge in [-0.2, -0.15) is 5.10 Å². The smallest absolute Gasteiger partial charge is 0.307 e. The summed E-state index contributed by atoms with van der Waals surface area (Å²) in [7, 11) is 0. The minimum absolute atomic E-state index is 0.0334. The van der Waals surface area contributed by atoms with Crippen LogP contribution in [0.5, 0.6) is 0 Å². The maximum atomic E-state index is 12.6. The van der Waals surface area contributed by atoms with Crippen LogP contribution in [0.2, 0.25) is 5.02 Å². The van der Waals surface area contributed by atoms with Gasteiger partial charge in [-0.15, -0.1) is 0 Å². The number of anilines is 1. The van der Waals surface area contributed by atoms with Crippen LogP contribution in [0.4, 0.5) is 11.4 Å². The Labute approximate surface area is 214 Å². The van der Waals surface area contributed by atoms with Gasteiger partial charge >= 0.3 is 5.91 Å². The molecular weight excluding hydrogens is 498 g/mol. The van der Waals surface area contributed by atoms with Gasteiger partial charge in [0.05, 0.1) is 11.1 Å². The van der Waals surface area contributed by atoms with E-state index in [1.165, 1.54) is 30.5 Å². The third-order valence-corrected chi connectivity index (χ3v) is 5.82. The summed E-state index contributed by atoms with van der Waals surface area (Å²) in [5, 5.41) is 19.7. The van der Waals surface area contributed by atoms with Gasteiger partial charge in [-0.25, -0.2) is 5.43 Å². The number of halogens is 1. The fourth-order valence-electron chi connectivity index (χ4n) is 3.87. The van der Waals surface area contributed by atoms with Gasteiger partial charge in [-0.3, -0.25) is 19.7 Å². The van der Waals surface area contributed by atoms with Crippen molar-refractivity contribution < 1.29 is 18.9 Å². The molecule has 5 rings (SSSR count). The molecule has 184 valence electrons. The number of hydrazone groups is 1. The monoisotopic (exact) mass is 515 g/mol. The first-order chi connectivity index (χ1) is 17.9. The van der Waals surface area contributed by atoms with Crippen LogP contribution >= 0.6 is 11.6 Å². The number of amides is 2. The van der Waals surface area contributed by atoms with E-state index in [4.69, 9.17) is 16.0 Å². The van der Waals surface area contributed by atoms with Crippen molar-refractivity contribution in [1.82, 2.24) is 9.99 Å². The van der Waals surface area contributed by atoms with Gasteiger partial charge in [-0.05, 0) is 42.5 Å². The Balaban J connectivity index is 1.30. The van der Waals surface area contributed by atoms with Crippen LogP contribution in [0.1, 0.15) is 16.1 Å². The largest absolute Gasteiger partial charge is 0.451 e. The second-order valence-electron chi connectivity index (χ2n) is 8.07. The number of rotatable bonds is 7. The van der Waals surface area contributed by atoms with Crippen molar-refractivity contribution in [2.24, 2.45) is 5.10 Å². The lowest BCUT2D eigenvalue weighted by molar-refractivity contribution is -0.384. The number of nitrogens with zero attached hydrogens (tertiary/aromatic N) is 3. The first-order valence-electron chi connectivity index (χ1n) is 11.0. The molecule has 0 saturated carbocycles. The molecule has 0 aliphatic carbocycles. The Morgan fingerprint density at radius 1 is 1.08 bits per heavy atom. The molecule has 0 fully saturated rings. The summed E-state index contributed by atoms with van der Waals surface area (Å²) in [5.41, 5.74) is 4.79. The number of nitro benzene ring substituents is 1. The molecule has 0 radical (unpaired) electrons. The number of benzene rings is 3. The molecule has 0 bridgehead atoms. The second kappa shape index (κ2) is 9.96. The molecule has 0 unspecified atom stereocenters. The van der Waals surface area contributed by atoms with Gasteiger partial charge < -0.3 is 14.3 Å². The predicted octanol–water partition coefficient (Wildman–Crippen LogP) is 5.35. The number of non-ortho nitro benzene ring substituents is 1. The summed E-state index contributed by atoms with van der Waals surface area (Å²) in [6.45, 7) is 0.0639. The Kier molecular flexibility index (Phi) is 6.40. The second-order valence-corrected chi connectivity index (χ2v) is 8.51. The van der Waals surface area contributed by atoms with Crippen molar-refractivity contribution in [2.45, 2.75) is 6.54 Å². The van der Waals surface area contributed by atoms with E-state index in [2.05, 4.69) is 15.8 Å². The lowest BCUT2D eigenvalue weighted by Crippen LogP contribution is -2.18.